The van der Waals surface area contributed by atoms with Crippen molar-refractivity contribution in [1.82, 2.24) is 10.6 Å². The Hall–Kier alpha value is -1.31. The molecule has 0 spiro atoms. The molecule has 0 atom stereocenters. The smallest absolute Gasteiger partial charge is 0.251 e. The Morgan fingerprint density at radius 3 is 1.75 bits per heavy atom. The van der Waals surface area contributed by atoms with E-state index in [0.29, 0.717) is 16.8 Å². The minimum atomic E-state index is -0.223. The van der Waals surface area contributed by atoms with Gasteiger partial charge in [0.25, 0.3) is 11.8 Å². The standard InChI is InChI=1S/C10H12IN3O2/c1-12-9(15)6-3-7(10(16)13-2)5-8(4-6)14-11/h3-5,14H,1-2H3,(H,12,15)(H,13,16). The number of amides is 2. The van der Waals surface area contributed by atoms with Gasteiger partial charge in [-0.15, -0.1) is 0 Å². The fraction of sp³-hybridized carbons (Fsp3) is 0.200. The molecular weight excluding hydrogens is 321 g/mol. The molecule has 0 radical (unpaired) electrons. The van der Waals surface area contributed by atoms with Crippen molar-refractivity contribution in [2.24, 2.45) is 0 Å². The number of carbonyl (C=O) groups excluding carboxylic acids is 2. The van der Waals surface area contributed by atoms with Crippen molar-refractivity contribution < 1.29 is 9.59 Å². The second-order valence-electron chi connectivity index (χ2n) is 3.05. The highest BCUT2D eigenvalue weighted by atomic mass is 127. The summed E-state index contributed by atoms with van der Waals surface area (Å²) in [6.07, 6.45) is 0. The van der Waals surface area contributed by atoms with Gasteiger partial charge in [-0.25, -0.2) is 0 Å². The summed E-state index contributed by atoms with van der Waals surface area (Å²) in [7, 11) is 3.10. The maximum atomic E-state index is 11.5. The van der Waals surface area contributed by atoms with Crippen molar-refractivity contribution in [2.75, 3.05) is 17.6 Å². The van der Waals surface area contributed by atoms with E-state index in [2.05, 4.69) is 14.2 Å². The second kappa shape index (κ2) is 5.69. The highest BCUT2D eigenvalue weighted by Crippen LogP contribution is 2.16. The summed E-state index contributed by atoms with van der Waals surface area (Å²) in [5.74, 6) is -0.447. The number of halogens is 1. The van der Waals surface area contributed by atoms with Gasteiger partial charge in [0.2, 0.25) is 0 Å². The molecule has 0 unspecified atom stereocenters. The largest absolute Gasteiger partial charge is 0.355 e. The summed E-state index contributed by atoms with van der Waals surface area (Å²) in [5.41, 5.74) is 1.60. The predicted molar refractivity (Wildman–Crippen MR) is 70.9 cm³/mol. The van der Waals surface area contributed by atoms with Crippen molar-refractivity contribution in [1.29, 1.82) is 0 Å². The van der Waals surface area contributed by atoms with Crippen molar-refractivity contribution in [3.63, 3.8) is 0 Å². The fourth-order valence-corrected chi connectivity index (χ4v) is 1.54. The van der Waals surface area contributed by atoms with Crippen molar-refractivity contribution >= 4 is 40.4 Å². The molecule has 1 rings (SSSR count). The molecule has 0 aliphatic carbocycles. The van der Waals surface area contributed by atoms with Gasteiger partial charge in [0.15, 0.2) is 0 Å². The van der Waals surface area contributed by atoms with E-state index in [1.807, 2.05) is 22.9 Å². The van der Waals surface area contributed by atoms with Crippen molar-refractivity contribution in [3.05, 3.63) is 29.3 Å². The number of carbonyl (C=O) groups is 2. The van der Waals surface area contributed by atoms with Gasteiger partial charge in [0.05, 0.1) is 22.9 Å². The van der Waals surface area contributed by atoms with E-state index < -0.39 is 0 Å². The molecule has 86 valence electrons. The van der Waals surface area contributed by atoms with Gasteiger partial charge in [0.1, 0.15) is 0 Å². The minimum Gasteiger partial charge on any atom is -0.355 e. The molecule has 0 aliphatic rings. The lowest BCUT2D eigenvalue weighted by Gasteiger charge is -2.07. The first kappa shape index (κ1) is 12.8. The lowest BCUT2D eigenvalue weighted by atomic mass is 10.1. The van der Waals surface area contributed by atoms with E-state index >= 15 is 0 Å². The summed E-state index contributed by atoms with van der Waals surface area (Å²) < 4.78 is 2.88. The van der Waals surface area contributed by atoms with Crippen LogP contribution in [0, 0.1) is 0 Å². The monoisotopic (exact) mass is 333 g/mol. The Labute approximate surface area is 107 Å². The summed E-state index contributed by atoms with van der Waals surface area (Å²) in [5, 5.41) is 5.03. The normalized spacial score (nSPS) is 9.44. The second-order valence-corrected chi connectivity index (χ2v) is 3.59. The molecule has 0 aliphatic heterocycles. The molecule has 1 aromatic rings. The van der Waals surface area contributed by atoms with E-state index in [9.17, 15) is 9.59 Å². The molecule has 0 fully saturated rings. The van der Waals surface area contributed by atoms with Gasteiger partial charge in [-0.2, -0.15) is 0 Å². The topological polar surface area (TPSA) is 70.2 Å². The summed E-state index contributed by atoms with van der Waals surface area (Å²) in [4.78, 5) is 22.9. The minimum absolute atomic E-state index is 0.223. The molecule has 1 aromatic carbocycles. The molecule has 0 saturated carbocycles. The number of nitrogens with one attached hydrogen (secondary N) is 3. The van der Waals surface area contributed by atoms with Gasteiger partial charge in [-0.05, 0) is 18.2 Å². The SMILES string of the molecule is CNC(=O)c1cc(NI)cc(C(=O)NC)c1. The zero-order chi connectivity index (χ0) is 12.1. The van der Waals surface area contributed by atoms with Crippen molar-refractivity contribution in [2.45, 2.75) is 0 Å². The van der Waals surface area contributed by atoms with Crippen LogP contribution < -0.4 is 14.2 Å². The number of hydrogen-bond donors (Lipinski definition) is 3. The molecule has 16 heavy (non-hydrogen) atoms. The van der Waals surface area contributed by atoms with Crippen LogP contribution in [0.25, 0.3) is 0 Å². The number of hydrogen-bond acceptors (Lipinski definition) is 3. The number of benzene rings is 1. The van der Waals surface area contributed by atoms with Gasteiger partial charge >= 0.3 is 0 Å². The van der Waals surface area contributed by atoms with E-state index in [0.717, 1.165) is 0 Å². The molecule has 0 aromatic heterocycles. The third-order valence-electron chi connectivity index (χ3n) is 2.02. The zero-order valence-corrected chi connectivity index (χ0v) is 11.1. The average molecular weight is 333 g/mol. The zero-order valence-electron chi connectivity index (χ0n) is 8.93. The Kier molecular flexibility index (Phi) is 4.53. The van der Waals surface area contributed by atoms with Gasteiger partial charge < -0.3 is 14.2 Å². The van der Waals surface area contributed by atoms with Crippen LogP contribution in [0.2, 0.25) is 0 Å². The van der Waals surface area contributed by atoms with E-state index in [1.54, 1.807) is 32.3 Å². The predicted octanol–water partition coefficient (Wildman–Crippen LogP) is 1.17. The number of rotatable bonds is 3. The molecule has 2 amide bonds. The van der Waals surface area contributed by atoms with Crippen LogP contribution in [-0.4, -0.2) is 25.9 Å². The Balaban J connectivity index is 3.20. The van der Waals surface area contributed by atoms with Crippen LogP contribution in [0.5, 0.6) is 0 Å². The maximum Gasteiger partial charge on any atom is 0.251 e. The third-order valence-corrected chi connectivity index (χ3v) is 2.64. The molecule has 5 nitrogen and oxygen atoms in total. The lowest BCUT2D eigenvalue weighted by molar-refractivity contribution is 0.0962. The molecule has 6 heteroatoms. The number of anilines is 1. The summed E-state index contributed by atoms with van der Waals surface area (Å²) >= 11 is 1.94. The van der Waals surface area contributed by atoms with Gasteiger partial charge in [-0.3, -0.25) is 9.59 Å². The van der Waals surface area contributed by atoms with Crippen LogP contribution in [-0.2, 0) is 0 Å². The van der Waals surface area contributed by atoms with Crippen LogP contribution in [0.4, 0.5) is 5.69 Å². The quantitative estimate of drug-likeness (QED) is 0.574. The highest BCUT2D eigenvalue weighted by Gasteiger charge is 2.10. The molecule has 0 bridgehead atoms. The van der Waals surface area contributed by atoms with Crippen molar-refractivity contribution in [3.8, 4) is 0 Å². The Morgan fingerprint density at radius 1 is 1.00 bits per heavy atom. The van der Waals surface area contributed by atoms with Gasteiger partial charge in [0, 0.05) is 30.9 Å². The third kappa shape index (κ3) is 2.84. The van der Waals surface area contributed by atoms with Crippen LogP contribution in [0.1, 0.15) is 20.7 Å². The highest BCUT2D eigenvalue weighted by molar-refractivity contribution is 14.1. The first-order valence-electron chi connectivity index (χ1n) is 4.58. The molecule has 3 N–H and O–H groups in total. The molecule has 0 saturated heterocycles. The van der Waals surface area contributed by atoms with Gasteiger partial charge in [-0.1, -0.05) is 0 Å². The van der Waals surface area contributed by atoms with E-state index in [1.165, 1.54) is 0 Å². The average Bonchev–Trinajstić information content (AvgIpc) is 2.35. The van der Waals surface area contributed by atoms with Crippen LogP contribution >= 0.6 is 22.9 Å². The van der Waals surface area contributed by atoms with E-state index in [4.69, 9.17) is 0 Å². The Morgan fingerprint density at radius 2 is 1.44 bits per heavy atom. The molecular formula is C10H12IN3O2. The fourth-order valence-electron chi connectivity index (χ4n) is 1.23. The summed E-state index contributed by atoms with van der Waals surface area (Å²) in [6, 6.07) is 4.91. The molecule has 0 heterocycles. The summed E-state index contributed by atoms with van der Waals surface area (Å²) in [6.45, 7) is 0. The maximum absolute atomic E-state index is 11.5. The van der Waals surface area contributed by atoms with Crippen LogP contribution in [0.3, 0.4) is 0 Å². The van der Waals surface area contributed by atoms with E-state index in [-0.39, 0.29) is 11.8 Å². The Bertz CT molecular complexity index is 386. The lowest BCUT2D eigenvalue weighted by Crippen LogP contribution is -2.21. The first-order valence-corrected chi connectivity index (χ1v) is 5.66. The van der Waals surface area contributed by atoms with Crippen LogP contribution in [0.15, 0.2) is 18.2 Å². The first-order chi connectivity index (χ1) is 7.62.